The number of rotatable bonds is 7. The van der Waals surface area contributed by atoms with Gasteiger partial charge in [0.05, 0.1) is 0 Å². The fraction of sp³-hybridized carbons (Fsp3) is 0.188. The number of anilines is 3. The van der Waals surface area contributed by atoms with Gasteiger partial charge in [0.15, 0.2) is 11.5 Å². The average Bonchev–Trinajstić information content (AvgIpc) is 3.07. The third-order valence-electron chi connectivity index (χ3n) is 3.19. The molecule has 0 aliphatic carbocycles. The highest BCUT2D eigenvalue weighted by Gasteiger charge is 2.09. The molecule has 0 unspecified atom stereocenters. The minimum absolute atomic E-state index is 0.267. The summed E-state index contributed by atoms with van der Waals surface area (Å²) in [5, 5.41) is 20.7. The molecule has 3 rings (SSSR count). The van der Waals surface area contributed by atoms with Crippen molar-refractivity contribution in [2.24, 2.45) is 0 Å². The van der Waals surface area contributed by atoms with E-state index < -0.39 is 0 Å². The summed E-state index contributed by atoms with van der Waals surface area (Å²) in [6.45, 7) is 2.66. The zero-order valence-electron chi connectivity index (χ0n) is 13.6. The number of nitrogens with one attached hydrogen (secondary N) is 3. The van der Waals surface area contributed by atoms with Gasteiger partial charge in [-0.2, -0.15) is 0 Å². The Morgan fingerprint density at radius 2 is 1.84 bits per heavy atom. The van der Waals surface area contributed by atoms with Crippen molar-refractivity contribution in [1.82, 2.24) is 25.7 Å². The Balaban J connectivity index is 1.42. The van der Waals surface area contributed by atoms with Crippen LogP contribution in [0.3, 0.4) is 0 Å². The summed E-state index contributed by atoms with van der Waals surface area (Å²) < 4.78 is 4.86. The smallest absolute Gasteiger partial charge is 0.273 e. The zero-order chi connectivity index (χ0) is 17.5. The molecule has 1 amide bonds. The first-order valence-corrected chi connectivity index (χ1v) is 7.67. The molecule has 0 atom stereocenters. The molecule has 0 aliphatic heterocycles. The van der Waals surface area contributed by atoms with Crippen LogP contribution in [0.15, 0.2) is 47.2 Å². The van der Waals surface area contributed by atoms with Gasteiger partial charge < -0.3 is 20.5 Å². The molecule has 9 heteroatoms. The Bertz CT molecular complexity index is 818. The normalized spacial score (nSPS) is 10.3. The van der Waals surface area contributed by atoms with Crippen LogP contribution in [-0.4, -0.2) is 39.3 Å². The maximum absolute atomic E-state index is 11.8. The van der Waals surface area contributed by atoms with Gasteiger partial charge in [-0.15, -0.1) is 10.2 Å². The first-order valence-electron chi connectivity index (χ1n) is 7.67. The largest absolute Gasteiger partial charge is 0.367 e. The molecular weight excluding hydrogens is 322 g/mol. The van der Waals surface area contributed by atoms with Gasteiger partial charge in [0, 0.05) is 37.2 Å². The maximum atomic E-state index is 11.8. The van der Waals surface area contributed by atoms with Crippen LogP contribution in [0.2, 0.25) is 0 Å². The van der Waals surface area contributed by atoms with Gasteiger partial charge in [0.25, 0.3) is 5.91 Å². The SMILES string of the molecule is Cc1cc(C(=O)NCCNc2ccc(Nc3ccncc3)nn2)no1. The van der Waals surface area contributed by atoms with Crippen LogP contribution in [0, 0.1) is 6.92 Å². The number of pyridine rings is 1. The van der Waals surface area contributed by atoms with Crippen molar-refractivity contribution in [2.75, 3.05) is 23.7 Å². The summed E-state index contributed by atoms with van der Waals surface area (Å²) in [6.07, 6.45) is 3.39. The molecule has 0 radical (unpaired) electrons. The molecule has 3 aromatic rings. The van der Waals surface area contributed by atoms with Gasteiger partial charge in [0.1, 0.15) is 11.6 Å². The number of carbonyl (C=O) groups excluding carboxylic acids is 1. The second-order valence-electron chi connectivity index (χ2n) is 5.17. The highest BCUT2D eigenvalue weighted by atomic mass is 16.5. The van der Waals surface area contributed by atoms with Gasteiger partial charge in [-0.05, 0) is 31.2 Å². The summed E-state index contributed by atoms with van der Waals surface area (Å²) in [4.78, 5) is 15.7. The Hall–Kier alpha value is -3.49. The van der Waals surface area contributed by atoms with E-state index in [1.807, 2.05) is 18.2 Å². The Morgan fingerprint density at radius 3 is 2.52 bits per heavy atom. The highest BCUT2D eigenvalue weighted by Crippen LogP contribution is 2.13. The summed E-state index contributed by atoms with van der Waals surface area (Å²) in [6, 6.07) is 8.88. The maximum Gasteiger partial charge on any atom is 0.273 e. The van der Waals surface area contributed by atoms with E-state index in [1.165, 1.54) is 0 Å². The monoisotopic (exact) mass is 339 g/mol. The van der Waals surface area contributed by atoms with E-state index in [0.717, 1.165) is 5.69 Å². The molecule has 25 heavy (non-hydrogen) atoms. The quantitative estimate of drug-likeness (QED) is 0.557. The van der Waals surface area contributed by atoms with Crippen LogP contribution in [0.5, 0.6) is 0 Å². The van der Waals surface area contributed by atoms with Crippen LogP contribution in [0.4, 0.5) is 17.3 Å². The molecule has 0 fully saturated rings. The molecule has 3 N–H and O–H groups in total. The van der Waals surface area contributed by atoms with E-state index >= 15 is 0 Å². The second-order valence-corrected chi connectivity index (χ2v) is 5.17. The molecule has 0 spiro atoms. The fourth-order valence-corrected chi connectivity index (χ4v) is 2.01. The minimum Gasteiger partial charge on any atom is -0.367 e. The molecule has 0 bridgehead atoms. The number of aryl methyl sites for hydroxylation is 1. The summed E-state index contributed by atoms with van der Waals surface area (Å²) in [5.41, 5.74) is 1.15. The lowest BCUT2D eigenvalue weighted by molar-refractivity contribution is 0.0946. The van der Waals surface area contributed by atoms with Crippen molar-refractivity contribution in [3.8, 4) is 0 Å². The van der Waals surface area contributed by atoms with E-state index in [2.05, 4.69) is 36.3 Å². The lowest BCUT2D eigenvalue weighted by Crippen LogP contribution is -2.29. The molecule has 9 nitrogen and oxygen atoms in total. The van der Waals surface area contributed by atoms with E-state index in [9.17, 15) is 4.79 Å². The Kier molecular flexibility index (Phi) is 5.15. The number of hydrogen-bond acceptors (Lipinski definition) is 8. The average molecular weight is 339 g/mol. The molecule has 0 aliphatic rings. The van der Waals surface area contributed by atoms with E-state index in [1.54, 1.807) is 31.5 Å². The van der Waals surface area contributed by atoms with Gasteiger partial charge in [-0.1, -0.05) is 5.16 Å². The van der Waals surface area contributed by atoms with Crippen molar-refractivity contribution in [3.63, 3.8) is 0 Å². The van der Waals surface area contributed by atoms with E-state index in [4.69, 9.17) is 4.52 Å². The topological polar surface area (TPSA) is 118 Å². The number of amides is 1. The fourth-order valence-electron chi connectivity index (χ4n) is 2.01. The summed E-state index contributed by atoms with van der Waals surface area (Å²) in [7, 11) is 0. The zero-order valence-corrected chi connectivity index (χ0v) is 13.6. The molecule has 128 valence electrons. The van der Waals surface area contributed by atoms with Crippen molar-refractivity contribution in [1.29, 1.82) is 0 Å². The summed E-state index contributed by atoms with van der Waals surface area (Å²) >= 11 is 0. The molecule has 0 aromatic carbocycles. The number of nitrogens with zero attached hydrogens (tertiary/aromatic N) is 4. The Labute approximate surface area is 143 Å². The van der Waals surface area contributed by atoms with Gasteiger partial charge in [-0.25, -0.2) is 0 Å². The highest BCUT2D eigenvalue weighted by molar-refractivity contribution is 5.92. The second kappa shape index (κ2) is 7.86. The van der Waals surface area contributed by atoms with Crippen molar-refractivity contribution >= 4 is 23.2 Å². The molecular formula is C16H17N7O2. The number of aromatic nitrogens is 4. The molecule has 0 saturated heterocycles. The predicted molar refractivity (Wildman–Crippen MR) is 91.6 cm³/mol. The van der Waals surface area contributed by atoms with E-state index in [0.29, 0.717) is 30.5 Å². The molecule has 0 saturated carbocycles. The van der Waals surface area contributed by atoms with Gasteiger partial charge in [0.2, 0.25) is 0 Å². The lowest BCUT2D eigenvalue weighted by atomic mass is 10.3. The van der Waals surface area contributed by atoms with Crippen molar-refractivity contribution in [3.05, 3.63) is 54.2 Å². The van der Waals surface area contributed by atoms with Crippen LogP contribution in [-0.2, 0) is 0 Å². The van der Waals surface area contributed by atoms with Crippen LogP contribution >= 0.6 is 0 Å². The first-order chi connectivity index (χ1) is 12.2. The first kappa shape index (κ1) is 16.4. The standard InChI is InChI=1S/C16H17N7O2/c1-11-10-13(23-25-11)16(24)19-9-8-18-14-2-3-15(22-21-14)20-12-4-6-17-7-5-12/h2-7,10H,8-9H2,1H3,(H,18,21)(H,19,24)(H,17,20,22). The van der Waals surface area contributed by atoms with E-state index in [-0.39, 0.29) is 11.6 Å². The lowest BCUT2D eigenvalue weighted by Gasteiger charge is -2.07. The number of carbonyl (C=O) groups is 1. The predicted octanol–water partition coefficient (Wildman–Crippen LogP) is 1.75. The number of hydrogen-bond donors (Lipinski definition) is 3. The molecule has 3 aromatic heterocycles. The van der Waals surface area contributed by atoms with Gasteiger partial charge in [-0.3, -0.25) is 9.78 Å². The summed E-state index contributed by atoms with van der Waals surface area (Å²) in [5.74, 6) is 1.57. The van der Waals surface area contributed by atoms with Crippen molar-refractivity contribution in [2.45, 2.75) is 6.92 Å². The minimum atomic E-state index is -0.276. The third-order valence-corrected chi connectivity index (χ3v) is 3.19. The van der Waals surface area contributed by atoms with Crippen LogP contribution < -0.4 is 16.0 Å². The third kappa shape index (κ3) is 4.74. The Morgan fingerprint density at radius 1 is 1.08 bits per heavy atom. The molecule has 3 heterocycles. The van der Waals surface area contributed by atoms with Crippen LogP contribution in [0.25, 0.3) is 0 Å². The van der Waals surface area contributed by atoms with Crippen molar-refractivity contribution < 1.29 is 9.32 Å². The van der Waals surface area contributed by atoms with Gasteiger partial charge >= 0.3 is 0 Å². The van der Waals surface area contributed by atoms with Crippen LogP contribution in [0.1, 0.15) is 16.2 Å².